The number of amides is 1. The van der Waals surface area contributed by atoms with Crippen molar-refractivity contribution in [1.29, 1.82) is 0 Å². The molecule has 0 radical (unpaired) electrons. The molecule has 0 unspecified atom stereocenters. The van der Waals surface area contributed by atoms with Crippen molar-refractivity contribution in [2.45, 2.75) is 0 Å². The van der Waals surface area contributed by atoms with Crippen molar-refractivity contribution in [3.05, 3.63) is 114 Å². The van der Waals surface area contributed by atoms with Crippen LogP contribution in [-0.4, -0.2) is 20.9 Å². The number of anilines is 5. The molecule has 0 spiro atoms. The van der Waals surface area contributed by atoms with Crippen LogP contribution in [0.25, 0.3) is 15.7 Å². The zero-order chi connectivity index (χ0) is 24.0. The van der Waals surface area contributed by atoms with Crippen molar-refractivity contribution in [2.75, 3.05) is 16.0 Å². The summed E-state index contributed by atoms with van der Waals surface area (Å²) < 4.78 is 0. The number of rotatable bonds is 6. The van der Waals surface area contributed by atoms with Crippen LogP contribution in [-0.2, 0) is 0 Å². The molecule has 3 heterocycles. The number of nitrogens with zero attached hydrogens (tertiary/aromatic N) is 4. The van der Waals surface area contributed by atoms with Gasteiger partial charge in [0.1, 0.15) is 11.6 Å². The third kappa shape index (κ3) is 5.05. The van der Waals surface area contributed by atoms with Crippen LogP contribution in [0.2, 0.25) is 0 Å². The van der Waals surface area contributed by atoms with Crippen LogP contribution in [0.5, 0.6) is 0 Å². The van der Waals surface area contributed by atoms with Crippen molar-refractivity contribution in [1.82, 2.24) is 15.0 Å². The van der Waals surface area contributed by atoms with Crippen LogP contribution in [0.4, 0.5) is 34.4 Å². The van der Waals surface area contributed by atoms with Crippen LogP contribution in [0, 0.1) is 6.57 Å². The predicted molar refractivity (Wildman–Crippen MR) is 137 cm³/mol. The van der Waals surface area contributed by atoms with E-state index >= 15 is 0 Å². The van der Waals surface area contributed by atoms with Crippen molar-refractivity contribution >= 4 is 51.2 Å². The zero-order valence-electron chi connectivity index (χ0n) is 18.4. The Labute approximate surface area is 201 Å². The van der Waals surface area contributed by atoms with Gasteiger partial charge in [-0.05, 0) is 66.7 Å². The lowest BCUT2D eigenvalue weighted by molar-refractivity contribution is 0.102. The molecule has 8 heteroatoms. The molecule has 3 aromatic heterocycles. The number of benzene rings is 2. The van der Waals surface area contributed by atoms with E-state index in [-0.39, 0.29) is 5.91 Å². The molecule has 0 saturated heterocycles. The van der Waals surface area contributed by atoms with E-state index in [9.17, 15) is 4.79 Å². The summed E-state index contributed by atoms with van der Waals surface area (Å²) >= 11 is 0. The summed E-state index contributed by atoms with van der Waals surface area (Å²) in [5.74, 6) is 0.788. The summed E-state index contributed by atoms with van der Waals surface area (Å²) in [5.41, 5.74) is 4.34. The van der Waals surface area contributed by atoms with Gasteiger partial charge in [0.05, 0.1) is 12.1 Å². The topological polar surface area (TPSA) is 96.2 Å². The van der Waals surface area contributed by atoms with Gasteiger partial charge in [0, 0.05) is 46.6 Å². The molecule has 8 nitrogen and oxygen atoms in total. The molecule has 0 aliphatic rings. The van der Waals surface area contributed by atoms with E-state index in [1.54, 1.807) is 42.9 Å². The number of pyridine rings is 3. The molecule has 35 heavy (non-hydrogen) atoms. The van der Waals surface area contributed by atoms with E-state index in [1.165, 1.54) is 0 Å². The van der Waals surface area contributed by atoms with Crippen LogP contribution < -0.4 is 16.0 Å². The Hall–Kier alpha value is -5.29. The Morgan fingerprint density at radius 1 is 0.800 bits per heavy atom. The monoisotopic (exact) mass is 457 g/mol. The van der Waals surface area contributed by atoms with E-state index < -0.39 is 0 Å². The summed E-state index contributed by atoms with van der Waals surface area (Å²) in [6, 6.07) is 23.4. The highest BCUT2D eigenvalue weighted by Crippen LogP contribution is 2.28. The second-order valence-electron chi connectivity index (χ2n) is 7.60. The molecule has 0 bridgehead atoms. The maximum atomic E-state index is 12.8. The maximum absolute atomic E-state index is 12.8. The first-order chi connectivity index (χ1) is 17.2. The number of aromatic nitrogens is 3. The van der Waals surface area contributed by atoms with Gasteiger partial charge in [0.25, 0.3) is 5.91 Å². The predicted octanol–water partition coefficient (Wildman–Crippen LogP) is 6.32. The Kier molecular flexibility index (Phi) is 5.96. The van der Waals surface area contributed by atoms with Crippen LogP contribution >= 0.6 is 0 Å². The molecular formula is C27H19N7O. The van der Waals surface area contributed by atoms with Gasteiger partial charge in [0.15, 0.2) is 5.69 Å². The fraction of sp³-hybridized carbons (Fsp3) is 0. The van der Waals surface area contributed by atoms with Crippen LogP contribution in [0.15, 0.2) is 97.5 Å². The molecule has 0 fully saturated rings. The number of carbonyl (C=O) groups excluding carboxylic acids is 1. The van der Waals surface area contributed by atoms with Gasteiger partial charge < -0.3 is 16.0 Å². The van der Waals surface area contributed by atoms with E-state index in [0.29, 0.717) is 22.9 Å². The molecule has 0 aliphatic heterocycles. The summed E-state index contributed by atoms with van der Waals surface area (Å²) in [4.78, 5) is 29.1. The fourth-order valence-electron chi connectivity index (χ4n) is 3.52. The Morgan fingerprint density at radius 2 is 1.57 bits per heavy atom. The molecule has 5 rings (SSSR count). The highest BCUT2D eigenvalue weighted by molar-refractivity contribution is 6.04. The third-order valence-corrected chi connectivity index (χ3v) is 5.22. The standard InChI is InChI=1S/C27H19N7O/c1-28-21-9-10-23-22(17-21)24(13-16-30-23)31-19-7-5-18(6-8-19)27(35)34-26-4-2-3-25(33-26)32-20-11-14-29-15-12-20/h2-17H,(H,30,31)(H2,29,32,33,34,35). The van der Waals surface area contributed by atoms with E-state index in [4.69, 9.17) is 6.57 Å². The van der Waals surface area contributed by atoms with Gasteiger partial charge in [0.2, 0.25) is 0 Å². The zero-order valence-corrected chi connectivity index (χ0v) is 18.4. The molecule has 0 saturated carbocycles. The molecule has 5 aromatic rings. The van der Waals surface area contributed by atoms with Gasteiger partial charge in [-0.15, -0.1) is 0 Å². The highest BCUT2D eigenvalue weighted by atomic mass is 16.1. The Balaban J connectivity index is 1.28. The minimum absolute atomic E-state index is 0.263. The smallest absolute Gasteiger partial charge is 0.256 e. The lowest BCUT2D eigenvalue weighted by atomic mass is 10.1. The average molecular weight is 457 g/mol. The Bertz CT molecular complexity index is 1540. The normalized spacial score (nSPS) is 10.4. The third-order valence-electron chi connectivity index (χ3n) is 5.22. The summed E-state index contributed by atoms with van der Waals surface area (Å²) in [6.45, 7) is 7.25. The van der Waals surface area contributed by atoms with Crippen molar-refractivity contribution < 1.29 is 4.79 Å². The van der Waals surface area contributed by atoms with E-state index in [2.05, 4.69) is 35.7 Å². The molecule has 168 valence electrons. The average Bonchev–Trinajstić information content (AvgIpc) is 2.90. The maximum Gasteiger partial charge on any atom is 0.256 e. The first kappa shape index (κ1) is 21.6. The summed E-state index contributed by atoms with van der Waals surface area (Å²) in [5, 5.41) is 10.2. The van der Waals surface area contributed by atoms with Gasteiger partial charge in [-0.3, -0.25) is 14.8 Å². The minimum Gasteiger partial charge on any atom is -0.355 e. The number of nitrogens with one attached hydrogen (secondary N) is 3. The summed E-state index contributed by atoms with van der Waals surface area (Å²) in [6.07, 6.45) is 5.09. The molecule has 0 aliphatic carbocycles. The fourth-order valence-corrected chi connectivity index (χ4v) is 3.52. The van der Waals surface area contributed by atoms with Crippen LogP contribution in [0.3, 0.4) is 0 Å². The van der Waals surface area contributed by atoms with Gasteiger partial charge in [-0.2, -0.15) is 0 Å². The molecule has 1 amide bonds. The van der Waals surface area contributed by atoms with E-state index in [1.807, 2.05) is 54.6 Å². The quantitative estimate of drug-likeness (QED) is 0.258. The largest absolute Gasteiger partial charge is 0.355 e. The van der Waals surface area contributed by atoms with Gasteiger partial charge in [-0.1, -0.05) is 12.1 Å². The highest BCUT2D eigenvalue weighted by Gasteiger charge is 2.09. The molecule has 2 aromatic carbocycles. The van der Waals surface area contributed by atoms with Gasteiger partial charge >= 0.3 is 0 Å². The second-order valence-corrected chi connectivity index (χ2v) is 7.60. The summed E-state index contributed by atoms with van der Waals surface area (Å²) in [7, 11) is 0. The Morgan fingerprint density at radius 3 is 2.37 bits per heavy atom. The second kappa shape index (κ2) is 9.68. The van der Waals surface area contributed by atoms with E-state index in [0.717, 1.165) is 28.0 Å². The first-order valence-electron chi connectivity index (χ1n) is 10.8. The van der Waals surface area contributed by atoms with Crippen molar-refractivity contribution in [2.24, 2.45) is 0 Å². The van der Waals surface area contributed by atoms with Crippen molar-refractivity contribution in [3.8, 4) is 0 Å². The minimum atomic E-state index is -0.263. The lowest BCUT2D eigenvalue weighted by Gasteiger charge is -2.11. The number of hydrogen-bond acceptors (Lipinski definition) is 6. The molecular weight excluding hydrogens is 438 g/mol. The SMILES string of the molecule is [C-]#[N+]c1ccc2nccc(Nc3ccc(C(=O)Nc4cccc(Nc5ccncc5)n4)cc3)c2c1. The number of fused-ring (bicyclic) bond motifs is 1. The molecule has 0 atom stereocenters. The number of carbonyl (C=O) groups is 1. The van der Waals surface area contributed by atoms with Gasteiger partial charge in [-0.25, -0.2) is 9.83 Å². The molecule has 3 N–H and O–H groups in total. The van der Waals surface area contributed by atoms with Crippen LogP contribution in [0.1, 0.15) is 10.4 Å². The first-order valence-corrected chi connectivity index (χ1v) is 10.8. The van der Waals surface area contributed by atoms with Crippen molar-refractivity contribution in [3.63, 3.8) is 0 Å². The lowest BCUT2D eigenvalue weighted by Crippen LogP contribution is -2.13. The number of hydrogen-bond donors (Lipinski definition) is 3.